The average molecular weight is 365 g/mol. The first kappa shape index (κ1) is 16.7. The first-order valence-corrected chi connectivity index (χ1v) is 9.35. The largest absolute Gasteiger partial charge is 0.493 e. The van der Waals surface area contributed by atoms with Crippen molar-refractivity contribution in [3.63, 3.8) is 0 Å². The molecule has 5 heteroatoms. The van der Waals surface area contributed by atoms with Gasteiger partial charge in [-0.1, -0.05) is 42.5 Å². The summed E-state index contributed by atoms with van der Waals surface area (Å²) in [5.41, 5.74) is 2.97. The predicted molar refractivity (Wildman–Crippen MR) is 103 cm³/mol. The maximum atomic E-state index is 12.2. The van der Waals surface area contributed by atoms with Crippen molar-refractivity contribution in [1.29, 1.82) is 0 Å². The third kappa shape index (κ3) is 3.18. The average Bonchev–Trinajstić information content (AvgIpc) is 3.14. The number of fused-ring (bicyclic) bond motifs is 1. The number of para-hydroxylation sites is 1. The number of hydrogen-bond donors (Lipinski definition) is 1. The van der Waals surface area contributed by atoms with Crippen LogP contribution in [0.5, 0.6) is 11.5 Å². The van der Waals surface area contributed by atoms with Crippen LogP contribution in [0.25, 0.3) is 0 Å². The van der Waals surface area contributed by atoms with Gasteiger partial charge in [0.25, 0.3) is 0 Å². The first-order valence-electron chi connectivity index (χ1n) is 8.47. The van der Waals surface area contributed by atoms with Gasteiger partial charge in [0.15, 0.2) is 11.5 Å². The maximum absolute atomic E-state index is 12.2. The number of carbonyl (C=O) groups is 1. The Hall–Kier alpha value is -2.79. The molecule has 0 radical (unpaired) electrons. The molecular formula is C21H19NO3S. The number of thiophene rings is 1. The second kappa shape index (κ2) is 7.22. The summed E-state index contributed by atoms with van der Waals surface area (Å²) in [4.78, 5) is 13.3. The zero-order valence-electron chi connectivity index (χ0n) is 14.4. The van der Waals surface area contributed by atoms with Crippen LogP contribution in [0.15, 0.2) is 60.0 Å². The predicted octanol–water partition coefficient (Wildman–Crippen LogP) is 4.81. The molecule has 1 N–H and O–H groups in total. The van der Waals surface area contributed by atoms with Gasteiger partial charge in [0.1, 0.15) is 6.61 Å². The Balaban J connectivity index is 1.72. The van der Waals surface area contributed by atoms with Crippen molar-refractivity contribution in [2.45, 2.75) is 18.9 Å². The Bertz CT molecular complexity index is 920. The number of anilines is 1. The zero-order chi connectivity index (χ0) is 17.9. The summed E-state index contributed by atoms with van der Waals surface area (Å²) in [5, 5.41) is 4.95. The van der Waals surface area contributed by atoms with E-state index in [0.29, 0.717) is 24.5 Å². The summed E-state index contributed by atoms with van der Waals surface area (Å²) in [5.74, 6) is 1.39. The highest BCUT2D eigenvalue weighted by atomic mass is 32.1. The molecule has 26 heavy (non-hydrogen) atoms. The Kier molecular flexibility index (Phi) is 4.63. The van der Waals surface area contributed by atoms with E-state index >= 15 is 0 Å². The molecule has 0 fully saturated rings. The molecule has 3 aromatic rings. The highest BCUT2D eigenvalue weighted by Crippen LogP contribution is 2.46. The van der Waals surface area contributed by atoms with Crippen LogP contribution in [-0.4, -0.2) is 13.0 Å². The van der Waals surface area contributed by atoms with Crippen LogP contribution in [0.1, 0.15) is 28.3 Å². The van der Waals surface area contributed by atoms with Gasteiger partial charge in [-0.3, -0.25) is 4.79 Å². The van der Waals surface area contributed by atoms with Crippen LogP contribution in [0.4, 0.5) is 5.69 Å². The lowest BCUT2D eigenvalue weighted by Crippen LogP contribution is -2.22. The second-order valence-corrected chi connectivity index (χ2v) is 7.10. The van der Waals surface area contributed by atoms with E-state index < -0.39 is 0 Å². The highest BCUT2D eigenvalue weighted by Gasteiger charge is 2.30. The van der Waals surface area contributed by atoms with Gasteiger partial charge in [0, 0.05) is 22.8 Å². The van der Waals surface area contributed by atoms with E-state index in [0.717, 1.165) is 21.7 Å². The smallest absolute Gasteiger partial charge is 0.225 e. The minimum absolute atomic E-state index is 0.0257. The molecule has 1 aromatic heterocycles. The molecule has 1 aliphatic rings. The molecule has 0 saturated carbocycles. The Morgan fingerprint density at radius 2 is 1.96 bits per heavy atom. The standard InChI is InChI=1S/C21H19NO3S/c1-24-18-9-5-8-15(20(18)25-13-14-6-3-2-4-7-14)16-12-19(23)22-17-10-11-26-21(16)17/h2-11,16H,12-13H2,1H3,(H,22,23). The van der Waals surface area contributed by atoms with Gasteiger partial charge in [-0.25, -0.2) is 0 Å². The fraction of sp³-hybridized carbons (Fsp3) is 0.190. The van der Waals surface area contributed by atoms with Gasteiger partial charge in [-0.2, -0.15) is 0 Å². The van der Waals surface area contributed by atoms with Crippen molar-refractivity contribution >= 4 is 22.9 Å². The highest BCUT2D eigenvalue weighted by molar-refractivity contribution is 7.10. The molecule has 0 spiro atoms. The Morgan fingerprint density at radius 1 is 1.12 bits per heavy atom. The molecule has 0 saturated heterocycles. The van der Waals surface area contributed by atoms with Gasteiger partial charge in [0.05, 0.1) is 12.8 Å². The van der Waals surface area contributed by atoms with Gasteiger partial charge < -0.3 is 14.8 Å². The van der Waals surface area contributed by atoms with Gasteiger partial charge in [-0.15, -0.1) is 11.3 Å². The molecule has 1 atom stereocenters. The summed E-state index contributed by atoms with van der Waals surface area (Å²) in [6.07, 6.45) is 0.405. The van der Waals surface area contributed by atoms with Crippen molar-refractivity contribution in [2.75, 3.05) is 12.4 Å². The van der Waals surface area contributed by atoms with E-state index in [2.05, 4.69) is 5.32 Å². The maximum Gasteiger partial charge on any atom is 0.225 e. The van der Waals surface area contributed by atoms with Crippen molar-refractivity contribution in [2.24, 2.45) is 0 Å². The minimum Gasteiger partial charge on any atom is -0.493 e. The summed E-state index contributed by atoms with van der Waals surface area (Å²) in [7, 11) is 1.64. The summed E-state index contributed by atoms with van der Waals surface area (Å²) in [6, 6.07) is 17.8. The monoisotopic (exact) mass is 365 g/mol. The second-order valence-electron chi connectivity index (χ2n) is 6.16. The van der Waals surface area contributed by atoms with E-state index in [-0.39, 0.29) is 11.8 Å². The summed E-state index contributed by atoms with van der Waals surface area (Å²) in [6.45, 7) is 0.449. The molecule has 1 aliphatic heterocycles. The van der Waals surface area contributed by atoms with Gasteiger partial charge in [0.2, 0.25) is 5.91 Å². The van der Waals surface area contributed by atoms with Crippen molar-refractivity contribution in [3.05, 3.63) is 76.0 Å². The zero-order valence-corrected chi connectivity index (χ0v) is 15.2. The Morgan fingerprint density at radius 3 is 2.77 bits per heavy atom. The number of nitrogens with one attached hydrogen (secondary N) is 1. The summed E-state index contributed by atoms with van der Waals surface area (Å²) >= 11 is 1.66. The van der Waals surface area contributed by atoms with Crippen molar-refractivity contribution in [1.82, 2.24) is 0 Å². The summed E-state index contributed by atoms with van der Waals surface area (Å²) < 4.78 is 11.7. The van der Waals surface area contributed by atoms with Crippen LogP contribution in [-0.2, 0) is 11.4 Å². The molecular weight excluding hydrogens is 346 g/mol. The van der Waals surface area contributed by atoms with Gasteiger partial charge >= 0.3 is 0 Å². The van der Waals surface area contributed by atoms with Crippen LogP contribution >= 0.6 is 11.3 Å². The normalized spacial score (nSPS) is 15.9. The topological polar surface area (TPSA) is 47.6 Å². The van der Waals surface area contributed by atoms with E-state index in [1.54, 1.807) is 18.4 Å². The Labute approximate surface area is 156 Å². The quantitative estimate of drug-likeness (QED) is 0.706. The van der Waals surface area contributed by atoms with Crippen molar-refractivity contribution < 1.29 is 14.3 Å². The fourth-order valence-electron chi connectivity index (χ4n) is 3.28. The molecule has 2 aromatic carbocycles. The molecule has 4 rings (SSSR count). The van der Waals surface area contributed by atoms with Crippen LogP contribution in [0.2, 0.25) is 0 Å². The van der Waals surface area contributed by atoms with E-state index in [9.17, 15) is 4.79 Å². The molecule has 132 valence electrons. The number of ether oxygens (including phenoxy) is 2. The SMILES string of the molecule is COc1cccc(C2CC(=O)Nc3ccsc32)c1OCc1ccccc1. The first-order chi connectivity index (χ1) is 12.8. The number of hydrogen-bond acceptors (Lipinski definition) is 4. The molecule has 0 aliphatic carbocycles. The lowest BCUT2D eigenvalue weighted by Gasteiger charge is -2.25. The van der Waals surface area contributed by atoms with Crippen LogP contribution in [0.3, 0.4) is 0 Å². The number of rotatable bonds is 5. The van der Waals surface area contributed by atoms with E-state index in [4.69, 9.17) is 9.47 Å². The minimum atomic E-state index is -0.0281. The third-order valence-electron chi connectivity index (χ3n) is 4.51. The van der Waals surface area contributed by atoms with E-state index in [1.165, 1.54) is 0 Å². The molecule has 1 amide bonds. The number of methoxy groups -OCH3 is 1. The third-order valence-corrected chi connectivity index (χ3v) is 5.54. The lowest BCUT2D eigenvalue weighted by atomic mass is 9.89. The lowest BCUT2D eigenvalue weighted by molar-refractivity contribution is -0.116. The number of benzene rings is 2. The molecule has 1 unspecified atom stereocenters. The van der Waals surface area contributed by atoms with Crippen molar-refractivity contribution in [3.8, 4) is 11.5 Å². The van der Waals surface area contributed by atoms with E-state index in [1.807, 2.05) is 60.0 Å². The van der Waals surface area contributed by atoms with Crippen LogP contribution in [0, 0.1) is 0 Å². The number of amides is 1. The van der Waals surface area contributed by atoms with Gasteiger partial charge in [-0.05, 0) is 23.1 Å². The molecule has 4 nitrogen and oxygen atoms in total. The fourth-order valence-corrected chi connectivity index (χ4v) is 4.25. The molecule has 2 heterocycles. The van der Waals surface area contributed by atoms with Crippen LogP contribution < -0.4 is 14.8 Å². The number of carbonyl (C=O) groups excluding carboxylic acids is 1. The molecule has 0 bridgehead atoms.